The molecule has 3 N–H and O–H groups in total. The van der Waals surface area contributed by atoms with Crippen LogP contribution in [0.5, 0.6) is 0 Å². The molecule has 20 heavy (non-hydrogen) atoms. The number of aryl methyl sites for hydroxylation is 2. The molecule has 108 valence electrons. The second-order valence-electron chi connectivity index (χ2n) is 5.18. The van der Waals surface area contributed by atoms with Crippen molar-refractivity contribution in [2.75, 3.05) is 0 Å². The molecule has 0 radical (unpaired) electrons. The SMILES string of the molecule is CCC(c1ccccc1)C(CCc1ccnn1C)NN. The van der Waals surface area contributed by atoms with Gasteiger partial charge in [0.1, 0.15) is 0 Å². The Kier molecular flexibility index (Phi) is 5.32. The maximum absolute atomic E-state index is 5.79. The van der Waals surface area contributed by atoms with Gasteiger partial charge in [0.25, 0.3) is 0 Å². The summed E-state index contributed by atoms with van der Waals surface area (Å²) in [5.41, 5.74) is 5.60. The van der Waals surface area contributed by atoms with E-state index in [4.69, 9.17) is 5.84 Å². The monoisotopic (exact) mass is 272 g/mol. The zero-order chi connectivity index (χ0) is 14.4. The minimum Gasteiger partial charge on any atom is -0.273 e. The molecule has 0 saturated heterocycles. The Bertz CT molecular complexity index is 506. The Morgan fingerprint density at radius 2 is 2.00 bits per heavy atom. The Labute approximate surface area is 121 Å². The number of aromatic nitrogens is 2. The van der Waals surface area contributed by atoms with Crippen LogP contribution < -0.4 is 11.3 Å². The highest BCUT2D eigenvalue weighted by Crippen LogP contribution is 2.25. The third kappa shape index (κ3) is 3.46. The van der Waals surface area contributed by atoms with Crippen LogP contribution in [0.15, 0.2) is 42.6 Å². The van der Waals surface area contributed by atoms with Gasteiger partial charge >= 0.3 is 0 Å². The summed E-state index contributed by atoms with van der Waals surface area (Å²) in [7, 11) is 1.98. The first-order valence-electron chi connectivity index (χ1n) is 7.24. The molecule has 2 atom stereocenters. The Morgan fingerprint density at radius 1 is 1.25 bits per heavy atom. The number of benzene rings is 1. The number of nitrogens with one attached hydrogen (secondary N) is 1. The third-order valence-corrected chi connectivity index (χ3v) is 4.00. The van der Waals surface area contributed by atoms with Gasteiger partial charge in [0.15, 0.2) is 0 Å². The van der Waals surface area contributed by atoms with E-state index in [0.29, 0.717) is 5.92 Å². The average Bonchev–Trinajstić information content (AvgIpc) is 2.90. The fourth-order valence-electron chi connectivity index (χ4n) is 2.80. The first-order chi connectivity index (χ1) is 9.76. The number of hydrazine groups is 1. The molecule has 0 aliphatic heterocycles. The van der Waals surface area contributed by atoms with E-state index < -0.39 is 0 Å². The van der Waals surface area contributed by atoms with Crippen LogP contribution in [0.1, 0.15) is 36.9 Å². The molecule has 4 heteroatoms. The van der Waals surface area contributed by atoms with Gasteiger partial charge < -0.3 is 0 Å². The molecule has 2 unspecified atom stereocenters. The van der Waals surface area contributed by atoms with Crippen molar-refractivity contribution >= 4 is 0 Å². The third-order valence-electron chi connectivity index (χ3n) is 4.00. The molecule has 1 heterocycles. The van der Waals surface area contributed by atoms with Crippen molar-refractivity contribution in [3.05, 3.63) is 53.9 Å². The van der Waals surface area contributed by atoms with Crippen molar-refractivity contribution in [3.63, 3.8) is 0 Å². The van der Waals surface area contributed by atoms with Crippen LogP contribution in [0, 0.1) is 0 Å². The molecule has 0 amide bonds. The summed E-state index contributed by atoms with van der Waals surface area (Å²) in [6, 6.07) is 12.9. The largest absolute Gasteiger partial charge is 0.273 e. The van der Waals surface area contributed by atoms with E-state index in [2.05, 4.69) is 53.8 Å². The zero-order valence-corrected chi connectivity index (χ0v) is 12.3. The number of hydrogen-bond donors (Lipinski definition) is 2. The molecule has 1 aromatic carbocycles. The van der Waals surface area contributed by atoms with E-state index in [1.807, 2.05) is 17.9 Å². The van der Waals surface area contributed by atoms with Gasteiger partial charge in [-0.15, -0.1) is 0 Å². The maximum Gasteiger partial charge on any atom is 0.0492 e. The molecule has 0 fully saturated rings. The van der Waals surface area contributed by atoms with E-state index in [1.165, 1.54) is 11.3 Å². The van der Waals surface area contributed by atoms with E-state index in [0.717, 1.165) is 19.3 Å². The van der Waals surface area contributed by atoms with E-state index in [1.54, 1.807) is 0 Å². The molecular weight excluding hydrogens is 248 g/mol. The van der Waals surface area contributed by atoms with Crippen LogP contribution in [-0.2, 0) is 13.5 Å². The molecule has 2 aromatic rings. The Balaban J connectivity index is 2.04. The fraction of sp³-hybridized carbons (Fsp3) is 0.438. The molecule has 0 bridgehead atoms. The van der Waals surface area contributed by atoms with Crippen LogP contribution >= 0.6 is 0 Å². The number of nitrogens with zero attached hydrogens (tertiary/aromatic N) is 2. The van der Waals surface area contributed by atoms with Crippen LogP contribution in [0.25, 0.3) is 0 Å². The van der Waals surface area contributed by atoms with Gasteiger partial charge in [-0.3, -0.25) is 16.0 Å². The van der Waals surface area contributed by atoms with Gasteiger partial charge in [-0.25, -0.2) is 0 Å². The minimum atomic E-state index is 0.275. The van der Waals surface area contributed by atoms with Gasteiger partial charge in [-0.05, 0) is 30.9 Å². The van der Waals surface area contributed by atoms with E-state index in [9.17, 15) is 0 Å². The molecule has 1 aromatic heterocycles. The molecule has 0 aliphatic carbocycles. The number of hydrogen-bond acceptors (Lipinski definition) is 3. The van der Waals surface area contributed by atoms with Crippen molar-refractivity contribution < 1.29 is 0 Å². The normalized spacial score (nSPS) is 14.2. The Morgan fingerprint density at radius 3 is 2.55 bits per heavy atom. The van der Waals surface area contributed by atoms with E-state index in [-0.39, 0.29) is 6.04 Å². The fourth-order valence-corrected chi connectivity index (χ4v) is 2.80. The standard InChI is InChI=1S/C16H24N4/c1-3-15(13-7-5-4-6-8-13)16(19-17)10-9-14-11-12-18-20(14)2/h4-8,11-12,15-16,19H,3,9-10,17H2,1-2H3. The van der Waals surface area contributed by atoms with Crippen molar-refractivity contribution in [1.82, 2.24) is 15.2 Å². The molecule has 2 rings (SSSR count). The van der Waals surface area contributed by atoms with Crippen LogP contribution in [0.4, 0.5) is 0 Å². The molecule has 4 nitrogen and oxygen atoms in total. The zero-order valence-electron chi connectivity index (χ0n) is 12.3. The lowest BCUT2D eigenvalue weighted by atomic mass is 9.87. The highest BCUT2D eigenvalue weighted by molar-refractivity contribution is 5.21. The average molecular weight is 272 g/mol. The smallest absolute Gasteiger partial charge is 0.0492 e. The number of nitrogens with two attached hydrogens (primary N) is 1. The minimum absolute atomic E-state index is 0.275. The summed E-state index contributed by atoms with van der Waals surface area (Å²) in [5.74, 6) is 6.23. The topological polar surface area (TPSA) is 55.9 Å². The summed E-state index contributed by atoms with van der Waals surface area (Å²) in [4.78, 5) is 0. The highest BCUT2D eigenvalue weighted by atomic mass is 15.3. The quantitative estimate of drug-likeness (QED) is 0.601. The predicted octanol–water partition coefficient (Wildman–Crippen LogP) is 2.38. The Hall–Kier alpha value is -1.65. The van der Waals surface area contributed by atoms with Gasteiger partial charge in [0.2, 0.25) is 0 Å². The van der Waals surface area contributed by atoms with Crippen LogP contribution in [0.3, 0.4) is 0 Å². The van der Waals surface area contributed by atoms with E-state index >= 15 is 0 Å². The lowest BCUT2D eigenvalue weighted by Gasteiger charge is -2.26. The maximum atomic E-state index is 5.79. The summed E-state index contributed by atoms with van der Waals surface area (Å²) in [5, 5.41) is 4.21. The summed E-state index contributed by atoms with van der Waals surface area (Å²) >= 11 is 0. The van der Waals surface area contributed by atoms with Crippen molar-refractivity contribution in [2.24, 2.45) is 12.9 Å². The lowest BCUT2D eigenvalue weighted by Crippen LogP contribution is -2.40. The first-order valence-corrected chi connectivity index (χ1v) is 7.24. The summed E-state index contributed by atoms with van der Waals surface area (Å²) in [6.45, 7) is 2.21. The van der Waals surface area contributed by atoms with Gasteiger partial charge in [-0.2, -0.15) is 5.10 Å². The molecule has 0 saturated carbocycles. The molecule has 0 spiro atoms. The predicted molar refractivity (Wildman–Crippen MR) is 82.1 cm³/mol. The lowest BCUT2D eigenvalue weighted by molar-refractivity contribution is 0.403. The summed E-state index contributed by atoms with van der Waals surface area (Å²) in [6.07, 6.45) is 4.90. The number of rotatable bonds is 7. The molecular formula is C16H24N4. The van der Waals surface area contributed by atoms with Crippen LogP contribution in [-0.4, -0.2) is 15.8 Å². The van der Waals surface area contributed by atoms with Crippen LogP contribution in [0.2, 0.25) is 0 Å². The highest BCUT2D eigenvalue weighted by Gasteiger charge is 2.20. The van der Waals surface area contributed by atoms with Crippen molar-refractivity contribution in [3.8, 4) is 0 Å². The molecule has 0 aliphatic rings. The second kappa shape index (κ2) is 7.22. The van der Waals surface area contributed by atoms with Gasteiger partial charge in [0, 0.05) is 30.9 Å². The first kappa shape index (κ1) is 14.8. The second-order valence-corrected chi connectivity index (χ2v) is 5.18. The van der Waals surface area contributed by atoms with Gasteiger partial charge in [0.05, 0.1) is 0 Å². The van der Waals surface area contributed by atoms with Crippen molar-refractivity contribution in [1.29, 1.82) is 0 Å². The van der Waals surface area contributed by atoms with Crippen molar-refractivity contribution in [2.45, 2.75) is 38.1 Å². The summed E-state index contributed by atoms with van der Waals surface area (Å²) < 4.78 is 1.93. The van der Waals surface area contributed by atoms with Gasteiger partial charge in [-0.1, -0.05) is 37.3 Å².